The van der Waals surface area contributed by atoms with Gasteiger partial charge in [0, 0.05) is 12.1 Å². The van der Waals surface area contributed by atoms with Crippen molar-refractivity contribution in [1.82, 2.24) is 15.1 Å². The Balaban J connectivity index is 1.91. The average Bonchev–Trinajstić information content (AvgIpc) is 3.04. The first-order valence-corrected chi connectivity index (χ1v) is 7.54. The lowest BCUT2D eigenvalue weighted by Crippen LogP contribution is -2.31. The van der Waals surface area contributed by atoms with Gasteiger partial charge in [-0.15, -0.1) is 5.10 Å². The van der Waals surface area contributed by atoms with Crippen LogP contribution in [0.1, 0.15) is 40.5 Å². The molecule has 0 bridgehead atoms. The molecule has 0 aliphatic carbocycles. The summed E-state index contributed by atoms with van der Waals surface area (Å²) < 4.78 is 52.0. The smallest absolute Gasteiger partial charge is 0.382 e. The molecule has 1 aromatic carbocycles. The number of anilines is 1. The van der Waals surface area contributed by atoms with Crippen LogP contribution >= 0.6 is 0 Å². The van der Waals surface area contributed by atoms with Crippen molar-refractivity contribution < 1.29 is 22.4 Å². The summed E-state index contributed by atoms with van der Waals surface area (Å²) in [6.45, 7) is 0.369. The van der Waals surface area contributed by atoms with E-state index in [9.17, 15) is 22.4 Å². The van der Waals surface area contributed by atoms with Crippen molar-refractivity contribution in [3.63, 3.8) is 0 Å². The van der Waals surface area contributed by atoms with Crippen LogP contribution in [0.5, 0.6) is 0 Å². The van der Waals surface area contributed by atoms with Gasteiger partial charge in [-0.1, -0.05) is 0 Å². The van der Waals surface area contributed by atoms with E-state index in [1.54, 1.807) is 12.1 Å². The maximum Gasteiger partial charge on any atom is 0.419 e. The number of nitrogens with zero attached hydrogens (tertiary/aromatic N) is 3. The Hall–Kier alpha value is -2.71. The molecular formula is C16H14F4N4O. The molecule has 1 atom stereocenters. The monoisotopic (exact) mass is 354 g/mol. The van der Waals surface area contributed by atoms with Crippen molar-refractivity contribution in [2.75, 3.05) is 12.3 Å². The number of likely N-dealkylation sites (tertiary alicyclic amines) is 1. The zero-order valence-corrected chi connectivity index (χ0v) is 12.9. The highest BCUT2D eigenvalue weighted by Gasteiger charge is 2.36. The summed E-state index contributed by atoms with van der Waals surface area (Å²) in [4.78, 5) is 14.1. The Labute approximate surface area is 140 Å². The number of amides is 1. The number of carbonyl (C=O) groups is 1. The number of rotatable bonds is 2. The first-order chi connectivity index (χ1) is 11.8. The van der Waals surface area contributed by atoms with E-state index in [1.165, 1.54) is 4.90 Å². The third-order valence-electron chi connectivity index (χ3n) is 4.08. The van der Waals surface area contributed by atoms with E-state index in [-0.39, 0.29) is 11.4 Å². The fourth-order valence-corrected chi connectivity index (χ4v) is 2.89. The lowest BCUT2D eigenvalue weighted by atomic mass is 10.1. The summed E-state index contributed by atoms with van der Waals surface area (Å²) in [5.41, 5.74) is 4.32. The first kappa shape index (κ1) is 17.1. The molecule has 2 aromatic rings. The zero-order chi connectivity index (χ0) is 18.2. The lowest BCUT2D eigenvalue weighted by Gasteiger charge is -2.24. The van der Waals surface area contributed by atoms with Gasteiger partial charge in [0.05, 0.1) is 17.3 Å². The first-order valence-electron chi connectivity index (χ1n) is 7.54. The minimum Gasteiger partial charge on any atom is -0.382 e. The largest absolute Gasteiger partial charge is 0.419 e. The minimum absolute atomic E-state index is 0.218. The molecule has 3 rings (SSSR count). The maximum atomic E-state index is 13.4. The minimum atomic E-state index is -4.87. The van der Waals surface area contributed by atoms with Crippen molar-refractivity contribution >= 4 is 11.7 Å². The van der Waals surface area contributed by atoms with Gasteiger partial charge in [0.2, 0.25) is 0 Å². The summed E-state index contributed by atoms with van der Waals surface area (Å²) in [5, 5.41) is 7.69. The van der Waals surface area contributed by atoms with Gasteiger partial charge >= 0.3 is 6.18 Å². The maximum absolute atomic E-state index is 13.4. The Morgan fingerprint density at radius 3 is 2.60 bits per heavy atom. The van der Waals surface area contributed by atoms with Crippen molar-refractivity contribution in [2.45, 2.75) is 25.1 Å². The van der Waals surface area contributed by atoms with Crippen LogP contribution < -0.4 is 5.73 Å². The predicted molar refractivity (Wildman–Crippen MR) is 80.9 cm³/mol. The van der Waals surface area contributed by atoms with Crippen molar-refractivity contribution in [3.8, 4) is 0 Å². The second-order valence-electron chi connectivity index (χ2n) is 5.73. The molecule has 1 aromatic heterocycles. The number of benzene rings is 1. The van der Waals surface area contributed by atoms with E-state index < -0.39 is 29.5 Å². The van der Waals surface area contributed by atoms with Gasteiger partial charge in [-0.05, 0) is 43.2 Å². The number of nitrogens with two attached hydrogens (primary N) is 1. The van der Waals surface area contributed by atoms with Gasteiger partial charge in [-0.3, -0.25) is 4.79 Å². The quantitative estimate of drug-likeness (QED) is 0.841. The molecule has 9 heteroatoms. The fraction of sp³-hybridized carbons (Fsp3) is 0.312. The van der Waals surface area contributed by atoms with Crippen molar-refractivity contribution in [2.24, 2.45) is 0 Å². The van der Waals surface area contributed by atoms with Crippen LogP contribution in [0.4, 0.5) is 23.4 Å². The van der Waals surface area contributed by atoms with Gasteiger partial charge in [-0.2, -0.15) is 18.3 Å². The van der Waals surface area contributed by atoms with E-state index in [1.807, 2.05) is 0 Å². The summed E-state index contributed by atoms with van der Waals surface area (Å²) in [6.07, 6.45) is -3.58. The molecule has 5 nitrogen and oxygen atoms in total. The summed E-state index contributed by atoms with van der Waals surface area (Å²) in [6, 6.07) is 5.02. The second-order valence-corrected chi connectivity index (χ2v) is 5.73. The Bertz CT molecular complexity index is 792. The normalized spacial score (nSPS) is 17.8. The number of alkyl halides is 3. The highest BCUT2D eigenvalue weighted by Crippen LogP contribution is 2.35. The van der Waals surface area contributed by atoms with Crippen LogP contribution in [0.2, 0.25) is 0 Å². The molecule has 2 N–H and O–H groups in total. The molecule has 25 heavy (non-hydrogen) atoms. The Morgan fingerprint density at radius 2 is 1.96 bits per heavy atom. The number of halogens is 4. The third-order valence-corrected chi connectivity index (χ3v) is 4.08. The van der Waals surface area contributed by atoms with E-state index in [2.05, 4.69) is 10.2 Å². The van der Waals surface area contributed by atoms with E-state index in [0.717, 1.165) is 6.07 Å². The SMILES string of the molecule is Nc1ccc(C2CCCN2C(=O)c2ccc(F)c(C(F)(F)F)c2)nn1. The molecule has 0 radical (unpaired) electrons. The Kier molecular flexibility index (Phi) is 4.32. The number of nitrogen functional groups attached to an aromatic ring is 1. The van der Waals surface area contributed by atoms with Crippen LogP contribution in [-0.2, 0) is 6.18 Å². The van der Waals surface area contributed by atoms with Crippen LogP contribution in [-0.4, -0.2) is 27.5 Å². The summed E-state index contributed by atoms with van der Waals surface area (Å²) in [5.74, 6) is -1.79. The fourth-order valence-electron chi connectivity index (χ4n) is 2.89. The van der Waals surface area contributed by atoms with Gasteiger partial charge in [0.15, 0.2) is 0 Å². The molecule has 2 heterocycles. The number of hydrogen-bond donors (Lipinski definition) is 1. The van der Waals surface area contributed by atoms with Crippen LogP contribution in [0.25, 0.3) is 0 Å². The van der Waals surface area contributed by atoms with E-state index >= 15 is 0 Å². The third kappa shape index (κ3) is 3.40. The molecule has 1 saturated heterocycles. The molecular weight excluding hydrogens is 340 g/mol. The Morgan fingerprint density at radius 1 is 1.20 bits per heavy atom. The predicted octanol–water partition coefficient (Wildman–Crippen LogP) is 3.19. The van der Waals surface area contributed by atoms with Gasteiger partial charge in [0.25, 0.3) is 5.91 Å². The molecule has 1 amide bonds. The van der Waals surface area contributed by atoms with Crippen molar-refractivity contribution in [3.05, 3.63) is 53.0 Å². The van der Waals surface area contributed by atoms with Gasteiger partial charge in [0.1, 0.15) is 11.6 Å². The highest BCUT2D eigenvalue weighted by molar-refractivity contribution is 5.94. The number of hydrogen-bond acceptors (Lipinski definition) is 4. The standard InChI is InChI=1S/C16H14F4N4O/c17-11-4-3-9(8-10(11)16(18,19)20)15(25)24-7-1-2-13(24)12-5-6-14(21)23-22-12/h3-6,8,13H,1-2,7H2,(H2,21,23). The van der Waals surface area contributed by atoms with Gasteiger partial charge in [-0.25, -0.2) is 4.39 Å². The van der Waals surface area contributed by atoms with Crippen LogP contribution in [0.3, 0.4) is 0 Å². The molecule has 132 valence electrons. The summed E-state index contributed by atoms with van der Waals surface area (Å²) in [7, 11) is 0. The molecule has 0 saturated carbocycles. The number of carbonyl (C=O) groups excluding carboxylic acids is 1. The van der Waals surface area contributed by atoms with Gasteiger partial charge < -0.3 is 10.6 Å². The average molecular weight is 354 g/mol. The second kappa shape index (κ2) is 6.30. The zero-order valence-electron chi connectivity index (χ0n) is 12.9. The van der Waals surface area contributed by atoms with E-state index in [0.29, 0.717) is 37.2 Å². The van der Waals surface area contributed by atoms with Crippen LogP contribution in [0.15, 0.2) is 30.3 Å². The molecule has 1 aliphatic rings. The highest BCUT2D eigenvalue weighted by atomic mass is 19.4. The topological polar surface area (TPSA) is 72.1 Å². The van der Waals surface area contributed by atoms with E-state index in [4.69, 9.17) is 5.73 Å². The molecule has 1 aliphatic heterocycles. The van der Waals surface area contributed by atoms with Crippen LogP contribution in [0, 0.1) is 5.82 Å². The molecule has 1 fully saturated rings. The lowest BCUT2D eigenvalue weighted by molar-refractivity contribution is -0.140. The molecule has 0 spiro atoms. The molecule has 1 unspecified atom stereocenters. The van der Waals surface area contributed by atoms with Crippen molar-refractivity contribution in [1.29, 1.82) is 0 Å². The number of aromatic nitrogens is 2. The summed E-state index contributed by atoms with van der Waals surface area (Å²) >= 11 is 0.